The molecule has 0 aliphatic carbocycles. The third-order valence-electron chi connectivity index (χ3n) is 6.14. The Bertz CT molecular complexity index is 1110. The summed E-state index contributed by atoms with van der Waals surface area (Å²) in [4.78, 5) is 29.3. The second kappa shape index (κ2) is 9.79. The zero-order valence-corrected chi connectivity index (χ0v) is 18.7. The van der Waals surface area contributed by atoms with E-state index in [4.69, 9.17) is 0 Å². The monoisotopic (exact) mass is 428 g/mol. The van der Waals surface area contributed by atoms with E-state index in [1.165, 1.54) is 4.90 Å². The molecule has 0 fully saturated rings. The molecule has 0 saturated heterocycles. The van der Waals surface area contributed by atoms with Crippen LogP contribution < -0.4 is 15.1 Å². The number of rotatable bonds is 6. The van der Waals surface area contributed by atoms with Gasteiger partial charge in [-0.3, -0.25) is 14.5 Å². The fraction of sp³-hybridized carbons (Fsp3) is 0.259. The summed E-state index contributed by atoms with van der Waals surface area (Å²) in [5.74, 6) is -0.0872. The Morgan fingerprint density at radius 1 is 0.844 bits per heavy atom. The highest BCUT2D eigenvalue weighted by Gasteiger charge is 2.27. The molecule has 0 saturated carbocycles. The average Bonchev–Trinajstić information content (AvgIpc) is 2.99. The Hall–Kier alpha value is -3.44. The summed E-state index contributed by atoms with van der Waals surface area (Å²) >= 11 is 0. The van der Waals surface area contributed by atoms with Gasteiger partial charge >= 0.3 is 0 Å². The summed E-state index contributed by atoms with van der Waals surface area (Å²) in [6.45, 7) is 6.41. The van der Waals surface area contributed by atoms with E-state index in [9.17, 15) is 9.59 Å². The standard InChI is InChI=1S/C27H29N3O2/c1-3-29(4-2)19-26(31)28-23-17-16-21-15-14-20-10-8-9-13-24(20)30(25(21)18-23)27(32)22-11-6-5-7-12-22/h5-13,16-18H,3-4,14-15,19H2,1-2H3,(H,28,31)/p+1. The van der Waals surface area contributed by atoms with Crippen LogP contribution in [0.2, 0.25) is 0 Å². The highest BCUT2D eigenvalue weighted by atomic mass is 16.2. The molecule has 4 rings (SSSR count). The van der Waals surface area contributed by atoms with E-state index in [-0.39, 0.29) is 11.8 Å². The Morgan fingerprint density at radius 2 is 1.50 bits per heavy atom. The SMILES string of the molecule is CC[NH+](CC)CC(=O)Nc1ccc2c(c1)N(C(=O)c1ccccc1)c1ccccc1CC2. The average molecular weight is 429 g/mol. The minimum atomic E-state index is -0.0720. The molecule has 3 aromatic carbocycles. The molecule has 0 radical (unpaired) electrons. The van der Waals surface area contributed by atoms with Crippen molar-refractivity contribution in [3.05, 3.63) is 89.5 Å². The van der Waals surface area contributed by atoms with Gasteiger partial charge in [0.15, 0.2) is 6.54 Å². The van der Waals surface area contributed by atoms with Gasteiger partial charge in [0.25, 0.3) is 11.8 Å². The third kappa shape index (κ3) is 4.58. The fourth-order valence-electron chi connectivity index (χ4n) is 4.26. The number of hydrogen-bond donors (Lipinski definition) is 2. The van der Waals surface area contributed by atoms with Gasteiger partial charge in [0.2, 0.25) is 0 Å². The largest absolute Gasteiger partial charge is 0.328 e. The summed E-state index contributed by atoms with van der Waals surface area (Å²) in [7, 11) is 0. The molecule has 0 aromatic heterocycles. The summed E-state index contributed by atoms with van der Waals surface area (Å²) < 4.78 is 0. The lowest BCUT2D eigenvalue weighted by molar-refractivity contribution is -0.888. The number of para-hydroxylation sites is 1. The molecular weight excluding hydrogens is 398 g/mol. The number of benzene rings is 3. The van der Waals surface area contributed by atoms with Crippen molar-refractivity contribution in [2.45, 2.75) is 26.7 Å². The number of anilines is 3. The van der Waals surface area contributed by atoms with Crippen molar-refractivity contribution < 1.29 is 14.5 Å². The molecule has 3 aromatic rings. The predicted molar refractivity (Wildman–Crippen MR) is 129 cm³/mol. The molecule has 1 aliphatic heterocycles. The quantitative estimate of drug-likeness (QED) is 0.630. The fourth-order valence-corrected chi connectivity index (χ4v) is 4.26. The summed E-state index contributed by atoms with van der Waals surface area (Å²) in [5, 5.41) is 3.04. The number of carbonyl (C=O) groups excluding carboxylic acids is 2. The van der Waals surface area contributed by atoms with Crippen molar-refractivity contribution in [2.75, 3.05) is 29.9 Å². The van der Waals surface area contributed by atoms with Crippen molar-refractivity contribution in [3.63, 3.8) is 0 Å². The van der Waals surface area contributed by atoms with Crippen LogP contribution >= 0.6 is 0 Å². The second-order valence-corrected chi connectivity index (χ2v) is 8.16. The molecule has 0 unspecified atom stereocenters. The number of amides is 2. The molecule has 1 aliphatic rings. The molecule has 0 bridgehead atoms. The Morgan fingerprint density at radius 3 is 2.22 bits per heavy atom. The van der Waals surface area contributed by atoms with E-state index in [0.717, 1.165) is 48.4 Å². The lowest BCUT2D eigenvalue weighted by atomic mass is 10.0. The zero-order chi connectivity index (χ0) is 22.5. The molecule has 5 heteroatoms. The number of hydrogen-bond acceptors (Lipinski definition) is 2. The highest BCUT2D eigenvalue weighted by Crippen LogP contribution is 2.38. The van der Waals surface area contributed by atoms with Crippen LogP contribution in [0.4, 0.5) is 17.1 Å². The summed E-state index contributed by atoms with van der Waals surface area (Å²) in [5.41, 5.74) is 5.31. The van der Waals surface area contributed by atoms with Gasteiger partial charge in [0, 0.05) is 11.3 Å². The molecule has 2 amide bonds. The van der Waals surface area contributed by atoms with E-state index >= 15 is 0 Å². The van der Waals surface area contributed by atoms with Gasteiger partial charge in [0.05, 0.1) is 24.5 Å². The molecule has 1 heterocycles. The second-order valence-electron chi connectivity index (χ2n) is 8.16. The number of carbonyl (C=O) groups is 2. The van der Waals surface area contributed by atoms with E-state index in [1.54, 1.807) is 4.90 Å². The van der Waals surface area contributed by atoms with Gasteiger partial charge in [-0.05, 0) is 68.1 Å². The van der Waals surface area contributed by atoms with Gasteiger partial charge in [-0.15, -0.1) is 0 Å². The van der Waals surface area contributed by atoms with Crippen molar-refractivity contribution in [1.29, 1.82) is 0 Å². The molecule has 164 valence electrons. The first-order chi connectivity index (χ1) is 15.6. The lowest BCUT2D eigenvalue weighted by Gasteiger charge is -2.26. The Kier molecular flexibility index (Phi) is 6.66. The maximum absolute atomic E-state index is 13.7. The normalized spacial score (nSPS) is 12.7. The smallest absolute Gasteiger partial charge is 0.279 e. The number of nitrogens with one attached hydrogen (secondary N) is 2. The van der Waals surface area contributed by atoms with Crippen molar-refractivity contribution in [2.24, 2.45) is 0 Å². The number of fused-ring (bicyclic) bond motifs is 2. The first-order valence-electron chi connectivity index (χ1n) is 11.3. The first-order valence-corrected chi connectivity index (χ1v) is 11.3. The van der Waals surface area contributed by atoms with Crippen LogP contribution in [-0.4, -0.2) is 31.4 Å². The van der Waals surface area contributed by atoms with Crippen LogP contribution in [0.15, 0.2) is 72.8 Å². The van der Waals surface area contributed by atoms with E-state index in [0.29, 0.717) is 17.8 Å². The molecule has 32 heavy (non-hydrogen) atoms. The molecule has 5 nitrogen and oxygen atoms in total. The van der Waals surface area contributed by atoms with E-state index in [1.807, 2.05) is 66.7 Å². The number of nitrogens with zero attached hydrogens (tertiary/aromatic N) is 1. The van der Waals surface area contributed by atoms with Crippen LogP contribution in [0.1, 0.15) is 35.3 Å². The molecule has 2 N–H and O–H groups in total. The van der Waals surface area contributed by atoms with Crippen molar-refractivity contribution >= 4 is 28.9 Å². The number of quaternary nitrogens is 1. The minimum Gasteiger partial charge on any atom is -0.328 e. The predicted octanol–water partition coefficient (Wildman–Crippen LogP) is 3.63. The van der Waals surface area contributed by atoms with Gasteiger partial charge in [0.1, 0.15) is 0 Å². The van der Waals surface area contributed by atoms with Crippen LogP contribution in [0.3, 0.4) is 0 Å². The number of aryl methyl sites for hydroxylation is 2. The van der Waals surface area contributed by atoms with Crippen LogP contribution in [-0.2, 0) is 17.6 Å². The summed E-state index contributed by atoms with van der Waals surface area (Å²) in [6.07, 6.45) is 1.70. The highest BCUT2D eigenvalue weighted by molar-refractivity contribution is 6.12. The summed E-state index contributed by atoms with van der Waals surface area (Å²) in [6, 6.07) is 23.3. The first kappa shape index (κ1) is 21.8. The van der Waals surface area contributed by atoms with Crippen molar-refractivity contribution in [3.8, 4) is 0 Å². The van der Waals surface area contributed by atoms with Crippen LogP contribution in [0.25, 0.3) is 0 Å². The zero-order valence-electron chi connectivity index (χ0n) is 18.7. The van der Waals surface area contributed by atoms with Crippen LogP contribution in [0, 0.1) is 0 Å². The maximum Gasteiger partial charge on any atom is 0.279 e. The Balaban J connectivity index is 1.73. The third-order valence-corrected chi connectivity index (χ3v) is 6.14. The van der Waals surface area contributed by atoms with Gasteiger partial charge < -0.3 is 10.2 Å². The van der Waals surface area contributed by atoms with Gasteiger partial charge in [-0.1, -0.05) is 42.5 Å². The maximum atomic E-state index is 13.7. The minimum absolute atomic E-state index is 0.0152. The number of likely N-dealkylation sites (N-methyl/N-ethyl adjacent to an activating group) is 1. The van der Waals surface area contributed by atoms with E-state index in [2.05, 4.69) is 25.2 Å². The van der Waals surface area contributed by atoms with Crippen LogP contribution in [0.5, 0.6) is 0 Å². The molecular formula is C27H30N3O2+. The lowest BCUT2D eigenvalue weighted by Crippen LogP contribution is -3.12. The Labute approximate surface area is 189 Å². The van der Waals surface area contributed by atoms with Crippen molar-refractivity contribution in [1.82, 2.24) is 0 Å². The molecule has 0 spiro atoms. The molecule has 0 atom stereocenters. The van der Waals surface area contributed by atoms with Gasteiger partial charge in [-0.2, -0.15) is 0 Å². The van der Waals surface area contributed by atoms with Gasteiger partial charge in [-0.25, -0.2) is 0 Å². The van der Waals surface area contributed by atoms with E-state index < -0.39 is 0 Å². The topological polar surface area (TPSA) is 53.9 Å².